The van der Waals surface area contributed by atoms with Gasteiger partial charge >= 0.3 is 0 Å². The highest BCUT2D eigenvalue weighted by Crippen LogP contribution is 2.18. The second kappa shape index (κ2) is 8.03. The van der Waals surface area contributed by atoms with Gasteiger partial charge in [-0.2, -0.15) is 5.06 Å². The predicted octanol–water partition coefficient (Wildman–Crippen LogP) is 4.57. The summed E-state index contributed by atoms with van der Waals surface area (Å²) in [7, 11) is 0. The summed E-state index contributed by atoms with van der Waals surface area (Å²) in [5, 5.41) is 11.6. The van der Waals surface area contributed by atoms with Crippen molar-refractivity contribution in [1.29, 1.82) is 0 Å². The number of halogens is 2. The zero-order valence-electron chi connectivity index (χ0n) is 11.7. The number of ether oxygens (including phenoxy) is 1. The van der Waals surface area contributed by atoms with E-state index in [2.05, 4.69) is 0 Å². The number of hydrogen-bond donors (Lipinski definition) is 1. The molecule has 6 heteroatoms. The summed E-state index contributed by atoms with van der Waals surface area (Å²) in [4.78, 5) is 11.9. The summed E-state index contributed by atoms with van der Waals surface area (Å²) >= 11 is 11.5. The van der Waals surface area contributed by atoms with Crippen LogP contribution in [0.3, 0.4) is 0 Å². The first kappa shape index (κ1) is 16.6. The highest BCUT2D eigenvalue weighted by molar-refractivity contribution is 6.30. The summed E-state index contributed by atoms with van der Waals surface area (Å²) in [6.07, 6.45) is 0.666. The Morgan fingerprint density at radius 1 is 1.00 bits per heavy atom. The molecular weight excluding hydrogens is 325 g/mol. The van der Waals surface area contributed by atoms with E-state index in [0.29, 0.717) is 39.6 Å². The minimum atomic E-state index is -0.401. The van der Waals surface area contributed by atoms with Gasteiger partial charge in [-0.15, -0.1) is 0 Å². The Morgan fingerprint density at radius 3 is 2.14 bits per heavy atom. The molecule has 0 spiro atoms. The smallest absolute Gasteiger partial charge is 0.250 e. The largest absolute Gasteiger partial charge is 0.494 e. The number of hydrogen-bond acceptors (Lipinski definition) is 3. The molecule has 0 fully saturated rings. The van der Waals surface area contributed by atoms with E-state index in [-0.39, 0.29) is 6.42 Å². The summed E-state index contributed by atoms with van der Waals surface area (Å²) in [6.45, 7) is 0.377. The Balaban J connectivity index is 1.75. The van der Waals surface area contributed by atoms with Crippen LogP contribution in [0.2, 0.25) is 10.0 Å². The van der Waals surface area contributed by atoms with Gasteiger partial charge in [0.2, 0.25) is 0 Å². The zero-order valence-corrected chi connectivity index (χ0v) is 13.2. The molecule has 0 unspecified atom stereocenters. The molecule has 0 atom stereocenters. The van der Waals surface area contributed by atoms with Gasteiger partial charge in [0.05, 0.1) is 12.3 Å². The summed E-state index contributed by atoms with van der Waals surface area (Å²) in [6, 6.07) is 13.4. The van der Waals surface area contributed by atoms with E-state index < -0.39 is 5.91 Å². The first-order chi connectivity index (χ1) is 10.6. The van der Waals surface area contributed by atoms with Gasteiger partial charge in [0.1, 0.15) is 5.75 Å². The van der Waals surface area contributed by atoms with Crippen molar-refractivity contribution in [2.75, 3.05) is 11.7 Å². The van der Waals surface area contributed by atoms with Crippen molar-refractivity contribution in [2.24, 2.45) is 0 Å². The molecule has 22 heavy (non-hydrogen) atoms. The first-order valence-electron chi connectivity index (χ1n) is 6.72. The molecule has 0 aromatic heterocycles. The Kier molecular flexibility index (Phi) is 6.07. The van der Waals surface area contributed by atoms with Gasteiger partial charge in [0.15, 0.2) is 0 Å². The van der Waals surface area contributed by atoms with Crippen LogP contribution in [0.1, 0.15) is 12.8 Å². The van der Waals surface area contributed by atoms with Crippen molar-refractivity contribution in [3.05, 3.63) is 58.6 Å². The van der Waals surface area contributed by atoms with Gasteiger partial charge in [0, 0.05) is 16.5 Å². The Morgan fingerprint density at radius 2 is 1.55 bits per heavy atom. The molecule has 0 bridgehead atoms. The number of carbonyl (C=O) groups excluding carboxylic acids is 1. The first-order valence-corrected chi connectivity index (χ1v) is 7.47. The minimum Gasteiger partial charge on any atom is -0.494 e. The fourth-order valence-corrected chi connectivity index (χ4v) is 2.03. The number of rotatable bonds is 6. The lowest BCUT2D eigenvalue weighted by atomic mass is 10.2. The van der Waals surface area contributed by atoms with Crippen molar-refractivity contribution >= 4 is 34.8 Å². The average Bonchev–Trinajstić information content (AvgIpc) is 2.53. The number of anilines is 1. The molecule has 0 aliphatic carbocycles. The van der Waals surface area contributed by atoms with Crippen molar-refractivity contribution in [2.45, 2.75) is 12.8 Å². The maximum Gasteiger partial charge on any atom is 0.250 e. The number of amides is 1. The van der Waals surface area contributed by atoms with Crippen molar-refractivity contribution in [3.63, 3.8) is 0 Å². The summed E-state index contributed by atoms with van der Waals surface area (Å²) in [5.41, 5.74) is 0.382. The van der Waals surface area contributed by atoms with Gasteiger partial charge in [-0.25, -0.2) is 0 Å². The second-order valence-corrected chi connectivity index (χ2v) is 5.46. The van der Waals surface area contributed by atoms with Crippen LogP contribution < -0.4 is 9.80 Å². The molecule has 0 aliphatic heterocycles. The van der Waals surface area contributed by atoms with Crippen LogP contribution >= 0.6 is 23.2 Å². The fourth-order valence-electron chi connectivity index (χ4n) is 1.78. The van der Waals surface area contributed by atoms with Crippen molar-refractivity contribution in [3.8, 4) is 5.75 Å². The molecular formula is C16H15Cl2NO3. The Bertz CT molecular complexity index is 614. The van der Waals surface area contributed by atoms with Gasteiger partial charge < -0.3 is 4.74 Å². The monoisotopic (exact) mass is 339 g/mol. The van der Waals surface area contributed by atoms with Crippen molar-refractivity contribution in [1.82, 2.24) is 0 Å². The molecule has 0 heterocycles. The average molecular weight is 340 g/mol. The lowest BCUT2D eigenvalue weighted by molar-refractivity contribution is -0.123. The third-order valence-electron chi connectivity index (χ3n) is 2.92. The van der Waals surface area contributed by atoms with Crippen LogP contribution in [0.5, 0.6) is 5.75 Å². The molecule has 0 saturated heterocycles. The molecule has 2 aromatic carbocycles. The van der Waals surface area contributed by atoms with E-state index in [1.165, 1.54) is 0 Å². The van der Waals surface area contributed by atoms with Crippen LogP contribution in [-0.4, -0.2) is 17.7 Å². The van der Waals surface area contributed by atoms with Gasteiger partial charge in [-0.3, -0.25) is 10.0 Å². The second-order valence-electron chi connectivity index (χ2n) is 4.59. The topological polar surface area (TPSA) is 49.8 Å². The van der Waals surface area contributed by atoms with Gasteiger partial charge in [-0.05, 0) is 55.0 Å². The van der Waals surface area contributed by atoms with E-state index in [1.807, 2.05) is 0 Å². The van der Waals surface area contributed by atoms with E-state index in [9.17, 15) is 10.0 Å². The summed E-state index contributed by atoms with van der Waals surface area (Å²) < 4.78 is 5.48. The molecule has 4 nitrogen and oxygen atoms in total. The van der Waals surface area contributed by atoms with Crippen LogP contribution in [0.25, 0.3) is 0 Å². The van der Waals surface area contributed by atoms with E-state index in [1.54, 1.807) is 48.5 Å². The third-order valence-corrected chi connectivity index (χ3v) is 3.43. The molecule has 1 N–H and O–H groups in total. The highest BCUT2D eigenvalue weighted by atomic mass is 35.5. The van der Waals surface area contributed by atoms with Crippen molar-refractivity contribution < 1.29 is 14.7 Å². The number of nitrogens with zero attached hydrogens (tertiary/aromatic N) is 1. The minimum absolute atomic E-state index is 0.173. The molecule has 0 aliphatic rings. The lowest BCUT2D eigenvalue weighted by Gasteiger charge is -2.15. The molecule has 0 saturated carbocycles. The van der Waals surface area contributed by atoms with Crippen LogP contribution in [0.4, 0.5) is 5.69 Å². The quantitative estimate of drug-likeness (QED) is 0.476. The zero-order chi connectivity index (χ0) is 15.9. The molecule has 2 aromatic rings. The maximum absolute atomic E-state index is 11.9. The van der Waals surface area contributed by atoms with E-state index in [0.717, 1.165) is 0 Å². The predicted molar refractivity (Wildman–Crippen MR) is 86.9 cm³/mol. The normalized spacial score (nSPS) is 10.3. The molecule has 1 amide bonds. The van der Waals surface area contributed by atoms with E-state index in [4.69, 9.17) is 27.9 Å². The number of benzene rings is 2. The third kappa shape index (κ3) is 4.91. The summed E-state index contributed by atoms with van der Waals surface area (Å²) in [5.74, 6) is 0.289. The van der Waals surface area contributed by atoms with E-state index >= 15 is 0 Å². The maximum atomic E-state index is 11.9. The standard InChI is InChI=1S/C16H15Cl2NO3/c17-12-3-7-14(8-4-12)19(21)16(20)2-1-11-22-15-9-5-13(18)6-10-15/h3-10,21H,1-2,11H2. The van der Waals surface area contributed by atoms with Gasteiger partial charge in [-0.1, -0.05) is 23.2 Å². The van der Waals surface area contributed by atoms with Gasteiger partial charge in [0.25, 0.3) is 5.91 Å². The van der Waals surface area contributed by atoms with Crippen LogP contribution in [-0.2, 0) is 4.79 Å². The van der Waals surface area contributed by atoms with Crippen LogP contribution in [0.15, 0.2) is 48.5 Å². The highest BCUT2D eigenvalue weighted by Gasteiger charge is 2.12. The lowest BCUT2D eigenvalue weighted by Crippen LogP contribution is -2.27. The Labute approximate surface area is 138 Å². The van der Waals surface area contributed by atoms with Crippen LogP contribution in [0, 0.1) is 0 Å². The Hall–Kier alpha value is -1.75. The molecule has 2 rings (SSSR count). The number of carbonyl (C=O) groups is 1. The number of hydroxylamine groups is 1. The molecule has 0 radical (unpaired) electrons. The SMILES string of the molecule is O=C(CCCOc1ccc(Cl)cc1)N(O)c1ccc(Cl)cc1. The fraction of sp³-hybridized carbons (Fsp3) is 0.188. The molecule has 116 valence electrons.